The summed E-state index contributed by atoms with van der Waals surface area (Å²) in [5, 5.41) is 4.95. The Balaban J connectivity index is 1.29. The van der Waals surface area contributed by atoms with Crippen molar-refractivity contribution in [1.82, 2.24) is 9.55 Å². The van der Waals surface area contributed by atoms with Gasteiger partial charge in [0.05, 0.1) is 11.0 Å². The van der Waals surface area contributed by atoms with Gasteiger partial charge in [0.2, 0.25) is 0 Å². The lowest BCUT2D eigenvalue weighted by Gasteiger charge is -2.25. The number of anilines is 3. The molecule has 9 aromatic rings. The van der Waals surface area contributed by atoms with E-state index in [4.69, 9.17) is 0 Å². The predicted octanol–water partition coefficient (Wildman–Crippen LogP) is 11.6. The highest BCUT2D eigenvalue weighted by Gasteiger charge is 2.18. The van der Waals surface area contributed by atoms with Crippen molar-refractivity contribution in [2.45, 2.75) is 0 Å². The number of aromatic amines is 1. The first-order chi connectivity index (χ1) is 22.3. The van der Waals surface area contributed by atoms with Gasteiger partial charge >= 0.3 is 0 Å². The molecule has 1 N–H and O–H groups in total. The molecule has 0 unspecified atom stereocenters. The monoisotopic (exact) mass is 575 g/mol. The highest BCUT2D eigenvalue weighted by molar-refractivity contribution is 6.13. The van der Waals surface area contributed by atoms with Crippen LogP contribution in [0.5, 0.6) is 0 Å². The van der Waals surface area contributed by atoms with Gasteiger partial charge in [0.25, 0.3) is 0 Å². The number of hydrogen-bond acceptors (Lipinski definition) is 1. The minimum absolute atomic E-state index is 1.12. The topological polar surface area (TPSA) is 24.0 Å². The van der Waals surface area contributed by atoms with Crippen molar-refractivity contribution >= 4 is 60.7 Å². The fraction of sp³-hybridized carbons (Fsp3) is 0. The van der Waals surface area contributed by atoms with Gasteiger partial charge in [-0.25, -0.2) is 0 Å². The van der Waals surface area contributed by atoms with Crippen LogP contribution in [-0.4, -0.2) is 9.55 Å². The molecule has 0 radical (unpaired) electrons. The van der Waals surface area contributed by atoms with E-state index in [1.54, 1.807) is 0 Å². The standard InChI is InChI=1S/C42H29N3/c1-4-12-31(13-5-1)44(32-14-6-2-7-15-32)34-22-25-42-38(28-34)37-27-30(21-24-41(37)45(42)33-16-8-3-9-17-33)29-20-23-40-36(26-29)35-18-10-11-19-39(35)43-40/h1-28,43H. The quantitative estimate of drug-likeness (QED) is 0.217. The number of nitrogens with one attached hydrogen (secondary N) is 1. The minimum atomic E-state index is 1.12. The van der Waals surface area contributed by atoms with Crippen LogP contribution in [0.2, 0.25) is 0 Å². The van der Waals surface area contributed by atoms with Crippen LogP contribution >= 0.6 is 0 Å². The van der Waals surface area contributed by atoms with E-state index in [1.807, 2.05) is 0 Å². The molecule has 0 bridgehead atoms. The van der Waals surface area contributed by atoms with Gasteiger partial charge < -0.3 is 14.5 Å². The molecule has 0 amide bonds. The summed E-state index contributed by atoms with van der Waals surface area (Å²) in [6.45, 7) is 0. The molecule has 0 atom stereocenters. The third-order valence-corrected chi connectivity index (χ3v) is 8.89. The molecule has 7 aromatic carbocycles. The van der Waals surface area contributed by atoms with Gasteiger partial charge in [0.15, 0.2) is 0 Å². The Morgan fingerprint density at radius 3 is 1.62 bits per heavy atom. The second kappa shape index (κ2) is 10.3. The molecular formula is C42H29N3. The summed E-state index contributed by atoms with van der Waals surface area (Å²) in [6, 6.07) is 60.9. The highest BCUT2D eigenvalue weighted by atomic mass is 15.1. The smallest absolute Gasteiger partial charge is 0.0542 e. The molecule has 0 spiro atoms. The Morgan fingerprint density at radius 2 is 0.911 bits per heavy atom. The molecule has 212 valence electrons. The zero-order chi connectivity index (χ0) is 29.7. The van der Waals surface area contributed by atoms with Crippen molar-refractivity contribution in [3.8, 4) is 16.8 Å². The van der Waals surface area contributed by atoms with Crippen molar-refractivity contribution < 1.29 is 0 Å². The Kier molecular flexibility index (Phi) is 5.82. The van der Waals surface area contributed by atoms with Crippen LogP contribution in [0, 0.1) is 0 Å². The van der Waals surface area contributed by atoms with Gasteiger partial charge in [-0.05, 0) is 96.1 Å². The van der Waals surface area contributed by atoms with E-state index in [1.165, 1.54) is 49.2 Å². The van der Waals surface area contributed by atoms with E-state index in [0.29, 0.717) is 0 Å². The minimum Gasteiger partial charge on any atom is -0.355 e. The molecule has 0 fully saturated rings. The van der Waals surface area contributed by atoms with Gasteiger partial charge in [0, 0.05) is 55.3 Å². The SMILES string of the molecule is c1ccc(N(c2ccccc2)c2ccc3c(c2)c2cc(-c4ccc5[nH]c6ccccc6c5c4)ccc2n3-c2ccccc2)cc1. The normalized spacial score (nSPS) is 11.6. The molecule has 3 heteroatoms. The lowest BCUT2D eigenvalue weighted by atomic mass is 10.0. The summed E-state index contributed by atoms with van der Waals surface area (Å²) < 4.78 is 2.39. The summed E-state index contributed by atoms with van der Waals surface area (Å²) in [5.41, 5.74) is 11.6. The van der Waals surface area contributed by atoms with E-state index in [-0.39, 0.29) is 0 Å². The maximum atomic E-state index is 3.57. The Morgan fingerprint density at radius 1 is 0.378 bits per heavy atom. The molecule has 0 aliphatic heterocycles. The van der Waals surface area contributed by atoms with Crippen LogP contribution in [0.15, 0.2) is 170 Å². The van der Waals surface area contributed by atoms with Crippen molar-refractivity contribution in [2.24, 2.45) is 0 Å². The summed E-state index contributed by atoms with van der Waals surface area (Å²) in [4.78, 5) is 5.90. The number of rotatable bonds is 5. The van der Waals surface area contributed by atoms with Gasteiger partial charge in [0.1, 0.15) is 0 Å². The molecule has 2 heterocycles. The van der Waals surface area contributed by atoms with E-state index in [0.717, 1.165) is 28.3 Å². The van der Waals surface area contributed by atoms with E-state index in [9.17, 15) is 0 Å². The van der Waals surface area contributed by atoms with E-state index < -0.39 is 0 Å². The highest BCUT2D eigenvalue weighted by Crippen LogP contribution is 2.41. The second-order valence-electron chi connectivity index (χ2n) is 11.5. The summed E-state index contributed by atoms with van der Waals surface area (Å²) in [7, 11) is 0. The number of fused-ring (bicyclic) bond motifs is 6. The lowest BCUT2D eigenvalue weighted by Crippen LogP contribution is -2.09. The first-order valence-electron chi connectivity index (χ1n) is 15.4. The van der Waals surface area contributed by atoms with Gasteiger partial charge in [-0.3, -0.25) is 0 Å². The Bertz CT molecular complexity index is 2430. The van der Waals surface area contributed by atoms with Crippen molar-refractivity contribution in [3.05, 3.63) is 170 Å². The largest absolute Gasteiger partial charge is 0.355 e. The fourth-order valence-corrected chi connectivity index (χ4v) is 6.81. The fourth-order valence-electron chi connectivity index (χ4n) is 6.81. The first-order valence-corrected chi connectivity index (χ1v) is 15.4. The van der Waals surface area contributed by atoms with E-state index in [2.05, 4.69) is 184 Å². The molecule has 0 aliphatic rings. The average molecular weight is 576 g/mol. The molecule has 2 aromatic heterocycles. The van der Waals surface area contributed by atoms with Crippen LogP contribution in [-0.2, 0) is 0 Å². The first kappa shape index (κ1) is 25.4. The molecule has 45 heavy (non-hydrogen) atoms. The lowest BCUT2D eigenvalue weighted by molar-refractivity contribution is 1.18. The van der Waals surface area contributed by atoms with Crippen LogP contribution in [0.25, 0.3) is 60.4 Å². The number of nitrogens with zero attached hydrogens (tertiary/aromatic N) is 2. The maximum absolute atomic E-state index is 3.57. The van der Waals surface area contributed by atoms with Crippen molar-refractivity contribution in [3.63, 3.8) is 0 Å². The number of benzene rings is 7. The summed E-state index contributed by atoms with van der Waals surface area (Å²) in [6.07, 6.45) is 0. The zero-order valence-corrected chi connectivity index (χ0v) is 24.6. The summed E-state index contributed by atoms with van der Waals surface area (Å²) >= 11 is 0. The third kappa shape index (κ3) is 4.21. The van der Waals surface area contributed by atoms with Crippen LogP contribution in [0.3, 0.4) is 0 Å². The Hall–Kier alpha value is -6.06. The molecule has 3 nitrogen and oxygen atoms in total. The average Bonchev–Trinajstić information content (AvgIpc) is 3.64. The summed E-state index contributed by atoms with van der Waals surface area (Å²) in [5.74, 6) is 0. The number of para-hydroxylation sites is 4. The zero-order valence-electron chi connectivity index (χ0n) is 24.6. The second-order valence-corrected chi connectivity index (χ2v) is 11.5. The van der Waals surface area contributed by atoms with Crippen molar-refractivity contribution in [1.29, 1.82) is 0 Å². The number of hydrogen-bond donors (Lipinski definition) is 1. The molecule has 0 saturated heterocycles. The van der Waals surface area contributed by atoms with Gasteiger partial charge in [-0.1, -0.05) is 84.9 Å². The molecule has 0 aliphatic carbocycles. The van der Waals surface area contributed by atoms with Crippen molar-refractivity contribution in [2.75, 3.05) is 4.90 Å². The van der Waals surface area contributed by atoms with Crippen LogP contribution in [0.1, 0.15) is 0 Å². The molecule has 0 saturated carbocycles. The maximum Gasteiger partial charge on any atom is 0.0542 e. The van der Waals surface area contributed by atoms with Gasteiger partial charge in [-0.15, -0.1) is 0 Å². The molecular weight excluding hydrogens is 546 g/mol. The number of H-pyrrole nitrogens is 1. The third-order valence-electron chi connectivity index (χ3n) is 8.89. The predicted molar refractivity (Wildman–Crippen MR) is 190 cm³/mol. The van der Waals surface area contributed by atoms with Crippen LogP contribution in [0.4, 0.5) is 17.1 Å². The Labute approximate surface area is 261 Å². The van der Waals surface area contributed by atoms with E-state index >= 15 is 0 Å². The van der Waals surface area contributed by atoms with Gasteiger partial charge in [-0.2, -0.15) is 0 Å². The number of aromatic nitrogens is 2. The van der Waals surface area contributed by atoms with Crippen LogP contribution < -0.4 is 4.90 Å². The molecule has 9 rings (SSSR count).